The van der Waals surface area contributed by atoms with Gasteiger partial charge in [-0.2, -0.15) is 4.98 Å². The number of benzene rings is 1. The molecule has 1 heterocycles. The van der Waals surface area contributed by atoms with Crippen LogP contribution < -0.4 is 5.73 Å². The Bertz CT molecular complexity index is 537. The second-order valence-electron chi connectivity index (χ2n) is 4.87. The fourth-order valence-electron chi connectivity index (χ4n) is 1.50. The molecule has 0 aliphatic carbocycles. The van der Waals surface area contributed by atoms with E-state index in [1.165, 1.54) is 0 Å². The summed E-state index contributed by atoms with van der Waals surface area (Å²) in [5.41, 5.74) is 6.36. The molecule has 0 fully saturated rings. The van der Waals surface area contributed by atoms with Crippen molar-refractivity contribution in [1.82, 2.24) is 10.1 Å². The molecule has 0 aliphatic heterocycles. The van der Waals surface area contributed by atoms with Crippen molar-refractivity contribution in [2.45, 2.75) is 25.7 Å². The lowest BCUT2D eigenvalue weighted by atomic mass is 9.94. The van der Waals surface area contributed by atoms with Gasteiger partial charge in [0.25, 0.3) is 0 Å². The Labute approximate surface area is 111 Å². The molecule has 4 nitrogen and oxygen atoms in total. The zero-order chi connectivity index (χ0) is 13.2. The highest BCUT2D eigenvalue weighted by atomic mass is 35.5. The summed E-state index contributed by atoms with van der Waals surface area (Å²) in [6, 6.07) is 7.63. The summed E-state index contributed by atoms with van der Waals surface area (Å²) < 4.78 is 5.25. The molecule has 0 saturated heterocycles. The zero-order valence-electron chi connectivity index (χ0n) is 10.5. The summed E-state index contributed by atoms with van der Waals surface area (Å²) in [4.78, 5) is 4.37. The van der Waals surface area contributed by atoms with E-state index < -0.39 is 0 Å². The molecular weight excluding hydrogens is 250 g/mol. The van der Waals surface area contributed by atoms with Crippen LogP contribution in [0.1, 0.15) is 31.1 Å². The van der Waals surface area contributed by atoms with Crippen LogP contribution in [0.15, 0.2) is 28.8 Å². The van der Waals surface area contributed by atoms with Gasteiger partial charge in [-0.05, 0) is 25.5 Å². The highest BCUT2D eigenvalue weighted by molar-refractivity contribution is 6.31. The van der Waals surface area contributed by atoms with Gasteiger partial charge in [0, 0.05) is 18.0 Å². The predicted octanol–water partition coefficient (Wildman–Crippen LogP) is 2.55. The SMILES string of the molecule is CC(C)(CN)c1nc(Cc2ccccc2Cl)no1. The first-order chi connectivity index (χ1) is 8.53. The first kappa shape index (κ1) is 13.1. The van der Waals surface area contributed by atoms with Crippen LogP contribution in [0, 0.1) is 0 Å². The molecule has 0 bridgehead atoms. The van der Waals surface area contributed by atoms with Crippen LogP contribution in [0.4, 0.5) is 0 Å². The number of nitrogens with two attached hydrogens (primary N) is 1. The van der Waals surface area contributed by atoms with Gasteiger partial charge in [0.15, 0.2) is 5.82 Å². The summed E-state index contributed by atoms with van der Waals surface area (Å²) >= 11 is 6.09. The van der Waals surface area contributed by atoms with Gasteiger partial charge >= 0.3 is 0 Å². The topological polar surface area (TPSA) is 64.9 Å². The standard InChI is InChI=1S/C13H16ClN3O/c1-13(2,8-15)12-16-11(17-18-12)7-9-5-3-4-6-10(9)14/h3-6H,7-8,15H2,1-2H3. The first-order valence-electron chi connectivity index (χ1n) is 5.79. The average molecular weight is 266 g/mol. The molecule has 0 radical (unpaired) electrons. The molecule has 0 amide bonds. The molecule has 2 aromatic rings. The lowest BCUT2D eigenvalue weighted by Crippen LogP contribution is -2.28. The van der Waals surface area contributed by atoms with Crippen LogP contribution in [0.3, 0.4) is 0 Å². The summed E-state index contributed by atoms with van der Waals surface area (Å²) in [6.07, 6.45) is 0.559. The Balaban J connectivity index is 2.20. The van der Waals surface area contributed by atoms with Crippen LogP contribution in [0.25, 0.3) is 0 Å². The number of aromatic nitrogens is 2. The fourth-order valence-corrected chi connectivity index (χ4v) is 1.70. The largest absolute Gasteiger partial charge is 0.339 e. The van der Waals surface area contributed by atoms with Crippen molar-refractivity contribution in [2.75, 3.05) is 6.54 Å². The number of hydrogen-bond acceptors (Lipinski definition) is 4. The van der Waals surface area contributed by atoms with Crippen molar-refractivity contribution in [3.8, 4) is 0 Å². The van der Waals surface area contributed by atoms with E-state index in [1.54, 1.807) is 0 Å². The molecule has 2 N–H and O–H groups in total. The van der Waals surface area contributed by atoms with Crippen LogP contribution in [0.2, 0.25) is 5.02 Å². The molecule has 1 aromatic heterocycles. The van der Waals surface area contributed by atoms with Crippen molar-refractivity contribution in [1.29, 1.82) is 0 Å². The van der Waals surface area contributed by atoms with Crippen molar-refractivity contribution >= 4 is 11.6 Å². The third-order valence-electron chi connectivity index (χ3n) is 2.86. The molecule has 0 atom stereocenters. The predicted molar refractivity (Wildman–Crippen MR) is 70.6 cm³/mol. The lowest BCUT2D eigenvalue weighted by molar-refractivity contribution is 0.309. The molecule has 1 aromatic carbocycles. The number of nitrogens with zero attached hydrogens (tertiary/aromatic N) is 2. The van der Waals surface area contributed by atoms with E-state index in [9.17, 15) is 0 Å². The van der Waals surface area contributed by atoms with E-state index in [-0.39, 0.29) is 5.41 Å². The van der Waals surface area contributed by atoms with E-state index in [0.717, 1.165) is 5.56 Å². The molecule has 96 valence electrons. The van der Waals surface area contributed by atoms with Gasteiger partial charge < -0.3 is 10.3 Å². The van der Waals surface area contributed by atoms with Crippen LogP contribution >= 0.6 is 11.6 Å². The van der Waals surface area contributed by atoms with E-state index in [4.69, 9.17) is 21.9 Å². The fraction of sp³-hybridized carbons (Fsp3) is 0.385. The molecule has 5 heteroatoms. The minimum absolute atomic E-state index is 0.300. The first-order valence-corrected chi connectivity index (χ1v) is 6.17. The number of hydrogen-bond donors (Lipinski definition) is 1. The Morgan fingerprint density at radius 3 is 2.72 bits per heavy atom. The molecule has 0 aliphatic rings. The van der Waals surface area contributed by atoms with Gasteiger partial charge in [0.2, 0.25) is 5.89 Å². The molecule has 18 heavy (non-hydrogen) atoms. The molecule has 0 saturated carbocycles. The maximum absolute atomic E-state index is 6.09. The van der Waals surface area contributed by atoms with Crippen molar-refractivity contribution < 1.29 is 4.52 Å². The minimum Gasteiger partial charge on any atom is -0.339 e. The second kappa shape index (κ2) is 5.08. The normalized spacial score (nSPS) is 11.8. The van der Waals surface area contributed by atoms with E-state index >= 15 is 0 Å². The van der Waals surface area contributed by atoms with E-state index in [0.29, 0.717) is 29.7 Å². The van der Waals surface area contributed by atoms with Crippen molar-refractivity contribution in [2.24, 2.45) is 5.73 Å². The minimum atomic E-state index is -0.300. The van der Waals surface area contributed by atoms with Crippen LogP contribution in [0.5, 0.6) is 0 Å². The van der Waals surface area contributed by atoms with Crippen LogP contribution in [-0.2, 0) is 11.8 Å². The zero-order valence-corrected chi connectivity index (χ0v) is 11.2. The average Bonchev–Trinajstić information content (AvgIpc) is 2.81. The third-order valence-corrected chi connectivity index (χ3v) is 3.23. The molecule has 2 rings (SSSR count). The third kappa shape index (κ3) is 2.71. The molecule has 0 spiro atoms. The van der Waals surface area contributed by atoms with Crippen molar-refractivity contribution in [3.05, 3.63) is 46.6 Å². The highest BCUT2D eigenvalue weighted by Gasteiger charge is 2.26. The Hall–Kier alpha value is -1.39. The van der Waals surface area contributed by atoms with Gasteiger partial charge in [-0.1, -0.05) is 35.0 Å². The Morgan fingerprint density at radius 2 is 2.06 bits per heavy atom. The van der Waals surface area contributed by atoms with E-state index in [2.05, 4.69) is 10.1 Å². The van der Waals surface area contributed by atoms with Gasteiger partial charge in [-0.25, -0.2) is 0 Å². The second-order valence-corrected chi connectivity index (χ2v) is 5.28. The Kier molecular flexibility index (Phi) is 3.68. The summed E-state index contributed by atoms with van der Waals surface area (Å²) in [5.74, 6) is 1.19. The smallest absolute Gasteiger partial charge is 0.233 e. The van der Waals surface area contributed by atoms with E-state index in [1.807, 2.05) is 38.1 Å². The summed E-state index contributed by atoms with van der Waals surface area (Å²) in [7, 11) is 0. The molecule has 0 unspecified atom stereocenters. The van der Waals surface area contributed by atoms with Gasteiger partial charge in [0.1, 0.15) is 0 Å². The Morgan fingerprint density at radius 1 is 1.33 bits per heavy atom. The monoisotopic (exact) mass is 265 g/mol. The lowest BCUT2D eigenvalue weighted by Gasteiger charge is -2.15. The highest BCUT2D eigenvalue weighted by Crippen LogP contribution is 2.22. The molecular formula is C13H16ClN3O. The van der Waals surface area contributed by atoms with Gasteiger partial charge in [0.05, 0.1) is 5.41 Å². The van der Waals surface area contributed by atoms with Gasteiger partial charge in [-0.3, -0.25) is 0 Å². The quantitative estimate of drug-likeness (QED) is 0.923. The maximum atomic E-state index is 6.09. The number of halogens is 1. The van der Waals surface area contributed by atoms with Crippen LogP contribution in [-0.4, -0.2) is 16.7 Å². The number of rotatable bonds is 4. The maximum Gasteiger partial charge on any atom is 0.233 e. The summed E-state index contributed by atoms with van der Waals surface area (Å²) in [5, 5.41) is 4.68. The summed E-state index contributed by atoms with van der Waals surface area (Å²) in [6.45, 7) is 4.40. The van der Waals surface area contributed by atoms with Crippen molar-refractivity contribution in [3.63, 3.8) is 0 Å². The van der Waals surface area contributed by atoms with Gasteiger partial charge in [-0.15, -0.1) is 0 Å².